The largest absolute Gasteiger partial charge is 0.465 e. The van der Waals surface area contributed by atoms with E-state index in [1.165, 1.54) is 5.56 Å². The minimum atomic E-state index is 0.398. The standard InChI is InChI=1S/C11H17NO/c1-4-12-10(3)5-6-11-9(2)7-8-13-11/h5-8,10,12H,4H2,1-3H3/b6-5+. The summed E-state index contributed by atoms with van der Waals surface area (Å²) in [5.74, 6) is 0.949. The third kappa shape index (κ3) is 3.07. The fourth-order valence-corrected chi connectivity index (χ4v) is 1.18. The van der Waals surface area contributed by atoms with Crippen LogP contribution in [0, 0.1) is 6.92 Å². The molecule has 2 nitrogen and oxygen atoms in total. The summed E-state index contributed by atoms with van der Waals surface area (Å²) in [6.07, 6.45) is 5.84. The van der Waals surface area contributed by atoms with Crippen LogP contribution >= 0.6 is 0 Å². The summed E-state index contributed by atoms with van der Waals surface area (Å²) in [4.78, 5) is 0. The van der Waals surface area contributed by atoms with E-state index in [4.69, 9.17) is 4.42 Å². The summed E-state index contributed by atoms with van der Waals surface area (Å²) in [5, 5.41) is 3.30. The molecule has 0 saturated carbocycles. The predicted octanol–water partition coefficient (Wildman–Crippen LogP) is 2.60. The lowest BCUT2D eigenvalue weighted by molar-refractivity contribution is 0.554. The molecule has 0 spiro atoms. The second-order valence-electron chi connectivity index (χ2n) is 3.17. The Morgan fingerprint density at radius 2 is 2.38 bits per heavy atom. The van der Waals surface area contributed by atoms with Crippen LogP contribution < -0.4 is 5.32 Å². The van der Waals surface area contributed by atoms with E-state index >= 15 is 0 Å². The van der Waals surface area contributed by atoms with E-state index in [1.807, 2.05) is 19.1 Å². The number of furan rings is 1. The summed E-state index contributed by atoms with van der Waals surface area (Å²) >= 11 is 0. The quantitative estimate of drug-likeness (QED) is 0.768. The van der Waals surface area contributed by atoms with Crippen LogP contribution in [0.5, 0.6) is 0 Å². The third-order valence-corrected chi connectivity index (χ3v) is 1.96. The van der Waals surface area contributed by atoms with Crippen molar-refractivity contribution in [2.75, 3.05) is 6.54 Å². The van der Waals surface area contributed by atoms with E-state index < -0.39 is 0 Å². The van der Waals surface area contributed by atoms with Gasteiger partial charge < -0.3 is 9.73 Å². The zero-order valence-electron chi connectivity index (χ0n) is 8.50. The van der Waals surface area contributed by atoms with Gasteiger partial charge in [-0.05, 0) is 38.1 Å². The Labute approximate surface area is 79.6 Å². The molecular weight excluding hydrogens is 162 g/mol. The first-order chi connectivity index (χ1) is 6.24. The lowest BCUT2D eigenvalue weighted by atomic mass is 10.2. The van der Waals surface area contributed by atoms with Crippen LogP contribution in [-0.4, -0.2) is 12.6 Å². The molecule has 72 valence electrons. The van der Waals surface area contributed by atoms with Crippen molar-refractivity contribution in [2.24, 2.45) is 0 Å². The molecule has 1 unspecified atom stereocenters. The van der Waals surface area contributed by atoms with Gasteiger partial charge >= 0.3 is 0 Å². The van der Waals surface area contributed by atoms with Crippen molar-refractivity contribution in [3.8, 4) is 0 Å². The maximum absolute atomic E-state index is 5.28. The maximum atomic E-state index is 5.28. The topological polar surface area (TPSA) is 25.2 Å². The van der Waals surface area contributed by atoms with E-state index in [2.05, 4.69) is 25.2 Å². The summed E-state index contributed by atoms with van der Waals surface area (Å²) in [7, 11) is 0. The highest BCUT2D eigenvalue weighted by molar-refractivity contribution is 5.47. The number of likely N-dealkylation sites (N-methyl/N-ethyl adjacent to an activating group) is 1. The van der Waals surface area contributed by atoms with Crippen LogP contribution in [0.2, 0.25) is 0 Å². The van der Waals surface area contributed by atoms with E-state index in [0.29, 0.717) is 6.04 Å². The van der Waals surface area contributed by atoms with Crippen molar-refractivity contribution in [1.82, 2.24) is 5.32 Å². The van der Waals surface area contributed by atoms with Crippen LogP contribution in [0.15, 0.2) is 22.8 Å². The first kappa shape index (κ1) is 10.1. The van der Waals surface area contributed by atoms with Gasteiger partial charge in [-0.1, -0.05) is 13.0 Å². The molecule has 1 heterocycles. The first-order valence-electron chi connectivity index (χ1n) is 4.69. The predicted molar refractivity (Wildman–Crippen MR) is 55.6 cm³/mol. The van der Waals surface area contributed by atoms with Gasteiger partial charge in [0.2, 0.25) is 0 Å². The van der Waals surface area contributed by atoms with Gasteiger partial charge in [0.25, 0.3) is 0 Å². The molecular formula is C11H17NO. The Morgan fingerprint density at radius 1 is 1.62 bits per heavy atom. The van der Waals surface area contributed by atoms with Gasteiger partial charge in [-0.15, -0.1) is 0 Å². The molecule has 13 heavy (non-hydrogen) atoms. The third-order valence-electron chi connectivity index (χ3n) is 1.96. The van der Waals surface area contributed by atoms with Crippen LogP contribution in [-0.2, 0) is 0 Å². The van der Waals surface area contributed by atoms with Crippen LogP contribution in [0.25, 0.3) is 6.08 Å². The summed E-state index contributed by atoms with van der Waals surface area (Å²) in [5.41, 5.74) is 1.18. The molecule has 0 bridgehead atoms. The molecule has 1 aromatic heterocycles. The van der Waals surface area contributed by atoms with E-state index in [0.717, 1.165) is 12.3 Å². The Bertz CT molecular complexity index is 275. The van der Waals surface area contributed by atoms with Gasteiger partial charge in [0, 0.05) is 6.04 Å². The first-order valence-corrected chi connectivity index (χ1v) is 4.69. The molecule has 0 aromatic carbocycles. The van der Waals surface area contributed by atoms with Crippen molar-refractivity contribution in [1.29, 1.82) is 0 Å². The fraction of sp³-hybridized carbons (Fsp3) is 0.455. The molecule has 0 aliphatic carbocycles. The molecule has 0 fully saturated rings. The molecule has 1 aromatic rings. The number of aryl methyl sites for hydroxylation is 1. The zero-order valence-corrected chi connectivity index (χ0v) is 8.50. The van der Waals surface area contributed by atoms with Crippen LogP contribution in [0.3, 0.4) is 0 Å². The van der Waals surface area contributed by atoms with Gasteiger partial charge in [0.1, 0.15) is 5.76 Å². The molecule has 0 aliphatic heterocycles. The average Bonchev–Trinajstić information content (AvgIpc) is 2.48. The van der Waals surface area contributed by atoms with Gasteiger partial charge in [0.15, 0.2) is 0 Å². The van der Waals surface area contributed by atoms with Crippen LogP contribution in [0.1, 0.15) is 25.2 Å². The van der Waals surface area contributed by atoms with Crippen molar-refractivity contribution in [3.05, 3.63) is 29.7 Å². The number of rotatable bonds is 4. The zero-order chi connectivity index (χ0) is 9.68. The minimum absolute atomic E-state index is 0.398. The SMILES string of the molecule is CCNC(C)/C=C/c1occc1C. The number of hydrogen-bond acceptors (Lipinski definition) is 2. The molecule has 0 amide bonds. The van der Waals surface area contributed by atoms with Gasteiger partial charge in [-0.2, -0.15) is 0 Å². The van der Waals surface area contributed by atoms with Crippen molar-refractivity contribution in [2.45, 2.75) is 26.8 Å². The smallest absolute Gasteiger partial charge is 0.129 e. The molecule has 1 N–H and O–H groups in total. The Hall–Kier alpha value is -1.02. The Balaban J connectivity index is 2.53. The normalized spacial score (nSPS) is 13.8. The lowest BCUT2D eigenvalue weighted by Gasteiger charge is -2.04. The monoisotopic (exact) mass is 179 g/mol. The highest BCUT2D eigenvalue weighted by Gasteiger charge is 1.97. The lowest BCUT2D eigenvalue weighted by Crippen LogP contribution is -2.22. The molecule has 0 radical (unpaired) electrons. The van der Waals surface area contributed by atoms with Crippen molar-refractivity contribution in [3.63, 3.8) is 0 Å². The number of hydrogen-bond donors (Lipinski definition) is 1. The Kier molecular flexibility index (Phi) is 3.77. The van der Waals surface area contributed by atoms with Gasteiger partial charge in [-0.25, -0.2) is 0 Å². The second-order valence-corrected chi connectivity index (χ2v) is 3.17. The van der Waals surface area contributed by atoms with Gasteiger partial charge in [-0.3, -0.25) is 0 Å². The molecule has 1 atom stereocenters. The van der Waals surface area contributed by atoms with Crippen molar-refractivity contribution < 1.29 is 4.42 Å². The molecule has 1 rings (SSSR count). The van der Waals surface area contributed by atoms with Crippen molar-refractivity contribution >= 4 is 6.08 Å². The average molecular weight is 179 g/mol. The van der Waals surface area contributed by atoms with Crippen LogP contribution in [0.4, 0.5) is 0 Å². The molecule has 0 saturated heterocycles. The maximum Gasteiger partial charge on any atom is 0.129 e. The van der Waals surface area contributed by atoms with Gasteiger partial charge in [0.05, 0.1) is 6.26 Å². The Morgan fingerprint density at radius 3 is 2.92 bits per heavy atom. The summed E-state index contributed by atoms with van der Waals surface area (Å²) in [6, 6.07) is 2.37. The summed E-state index contributed by atoms with van der Waals surface area (Å²) in [6.45, 7) is 7.25. The van der Waals surface area contributed by atoms with E-state index in [9.17, 15) is 0 Å². The highest BCUT2D eigenvalue weighted by atomic mass is 16.3. The second kappa shape index (κ2) is 4.87. The number of nitrogens with one attached hydrogen (secondary N) is 1. The molecule has 0 aliphatic rings. The summed E-state index contributed by atoms with van der Waals surface area (Å²) < 4.78 is 5.28. The van der Waals surface area contributed by atoms with E-state index in [1.54, 1.807) is 6.26 Å². The highest BCUT2D eigenvalue weighted by Crippen LogP contribution is 2.10. The fourth-order valence-electron chi connectivity index (χ4n) is 1.18. The van der Waals surface area contributed by atoms with E-state index in [-0.39, 0.29) is 0 Å². The molecule has 2 heteroatoms. The minimum Gasteiger partial charge on any atom is -0.465 e.